The number of hydrazone groups is 1. The van der Waals surface area contributed by atoms with Crippen LogP contribution in [0, 0.1) is 0 Å². The number of rotatable bonds is 2. The predicted octanol–water partition coefficient (Wildman–Crippen LogP) is -0.127. The number of hydrogen-bond acceptors (Lipinski definition) is 3. The minimum Gasteiger partial charge on any atom is -0.338 e. The average molecular weight is 195 g/mol. The van der Waals surface area contributed by atoms with Crippen molar-refractivity contribution in [2.24, 2.45) is 5.10 Å². The molecule has 0 radical (unpaired) electrons. The van der Waals surface area contributed by atoms with E-state index in [0.29, 0.717) is 24.6 Å². The van der Waals surface area contributed by atoms with E-state index in [1.54, 1.807) is 11.9 Å². The Labute approximate surface area is 82.1 Å². The van der Waals surface area contributed by atoms with Crippen LogP contribution < -0.4 is 5.43 Å². The molecule has 0 atom stereocenters. The van der Waals surface area contributed by atoms with E-state index in [-0.39, 0.29) is 11.8 Å². The topological polar surface area (TPSA) is 61.8 Å². The van der Waals surface area contributed by atoms with Crippen molar-refractivity contribution in [3.63, 3.8) is 0 Å². The number of nitrogens with one attached hydrogen (secondary N) is 1. The average Bonchev–Trinajstić information content (AvgIpc) is 3.00. The fourth-order valence-corrected chi connectivity index (χ4v) is 1.46. The number of nitrogens with zero attached hydrogens (tertiary/aromatic N) is 2. The van der Waals surface area contributed by atoms with Crippen molar-refractivity contribution in [2.45, 2.75) is 31.7 Å². The maximum absolute atomic E-state index is 11.7. The molecular weight excluding hydrogens is 182 g/mol. The highest BCUT2D eigenvalue weighted by Crippen LogP contribution is 2.25. The van der Waals surface area contributed by atoms with Gasteiger partial charge in [-0.1, -0.05) is 0 Å². The molecule has 2 amide bonds. The van der Waals surface area contributed by atoms with Crippen LogP contribution in [0.3, 0.4) is 0 Å². The molecule has 5 nitrogen and oxygen atoms in total. The Balaban J connectivity index is 2.00. The van der Waals surface area contributed by atoms with E-state index in [4.69, 9.17) is 0 Å². The normalized spacial score (nSPS) is 21.2. The van der Waals surface area contributed by atoms with Gasteiger partial charge < -0.3 is 4.90 Å². The SMILES string of the molecule is CN(C(=O)C1=NNC(=O)CC1)C1CC1. The van der Waals surface area contributed by atoms with Crippen molar-refractivity contribution >= 4 is 17.5 Å². The van der Waals surface area contributed by atoms with E-state index in [9.17, 15) is 9.59 Å². The van der Waals surface area contributed by atoms with Gasteiger partial charge in [0.15, 0.2) is 0 Å². The lowest BCUT2D eigenvalue weighted by Gasteiger charge is -2.19. The molecule has 0 aromatic carbocycles. The fourth-order valence-electron chi connectivity index (χ4n) is 1.46. The zero-order valence-electron chi connectivity index (χ0n) is 8.12. The molecule has 2 rings (SSSR count). The van der Waals surface area contributed by atoms with Crippen LogP contribution in [0.5, 0.6) is 0 Å². The minimum atomic E-state index is -0.115. The quantitative estimate of drug-likeness (QED) is 0.667. The highest BCUT2D eigenvalue weighted by molar-refractivity contribution is 6.39. The van der Waals surface area contributed by atoms with Crippen molar-refractivity contribution in [2.75, 3.05) is 7.05 Å². The number of amides is 2. The lowest BCUT2D eigenvalue weighted by atomic mass is 10.1. The molecule has 14 heavy (non-hydrogen) atoms. The Morgan fingerprint density at radius 1 is 1.50 bits per heavy atom. The number of carbonyl (C=O) groups is 2. The van der Waals surface area contributed by atoms with Crippen molar-refractivity contribution in [1.29, 1.82) is 0 Å². The lowest BCUT2D eigenvalue weighted by Crippen LogP contribution is -2.39. The van der Waals surface area contributed by atoms with Gasteiger partial charge in [0, 0.05) is 25.9 Å². The van der Waals surface area contributed by atoms with Crippen LogP contribution in [0.15, 0.2) is 5.10 Å². The van der Waals surface area contributed by atoms with Crippen molar-refractivity contribution in [3.05, 3.63) is 0 Å². The fraction of sp³-hybridized carbons (Fsp3) is 0.667. The van der Waals surface area contributed by atoms with Gasteiger partial charge in [0.1, 0.15) is 5.71 Å². The third-order valence-corrected chi connectivity index (χ3v) is 2.57. The predicted molar refractivity (Wildman–Crippen MR) is 50.6 cm³/mol. The van der Waals surface area contributed by atoms with E-state index in [2.05, 4.69) is 10.5 Å². The van der Waals surface area contributed by atoms with Crippen molar-refractivity contribution in [3.8, 4) is 0 Å². The van der Waals surface area contributed by atoms with E-state index in [0.717, 1.165) is 12.8 Å². The van der Waals surface area contributed by atoms with Crippen LogP contribution in [0.2, 0.25) is 0 Å². The first-order valence-corrected chi connectivity index (χ1v) is 4.81. The zero-order chi connectivity index (χ0) is 10.1. The molecule has 0 spiro atoms. The Morgan fingerprint density at radius 2 is 2.21 bits per heavy atom. The Hall–Kier alpha value is -1.39. The molecule has 76 valence electrons. The summed E-state index contributed by atoms with van der Waals surface area (Å²) in [6.45, 7) is 0. The molecule has 1 heterocycles. The van der Waals surface area contributed by atoms with Gasteiger partial charge >= 0.3 is 0 Å². The molecule has 0 aromatic rings. The Kier molecular flexibility index (Phi) is 2.23. The molecule has 0 saturated heterocycles. The summed E-state index contributed by atoms with van der Waals surface area (Å²) in [5.41, 5.74) is 2.80. The molecule has 0 aromatic heterocycles. The zero-order valence-corrected chi connectivity index (χ0v) is 8.12. The second kappa shape index (κ2) is 3.40. The lowest BCUT2D eigenvalue weighted by molar-refractivity contribution is -0.124. The third kappa shape index (κ3) is 1.76. The standard InChI is InChI=1S/C9H13N3O2/c1-12(6-2-3-6)9(14)7-4-5-8(13)11-10-7/h6H,2-5H2,1H3,(H,11,13). The smallest absolute Gasteiger partial charge is 0.270 e. The van der Waals surface area contributed by atoms with Crippen LogP contribution >= 0.6 is 0 Å². The number of carbonyl (C=O) groups excluding carboxylic acids is 2. The largest absolute Gasteiger partial charge is 0.338 e. The second-order valence-electron chi connectivity index (χ2n) is 3.74. The maximum Gasteiger partial charge on any atom is 0.270 e. The minimum absolute atomic E-state index is 0.0486. The van der Waals surface area contributed by atoms with Crippen LogP contribution in [-0.4, -0.2) is 35.5 Å². The highest BCUT2D eigenvalue weighted by Gasteiger charge is 2.32. The van der Waals surface area contributed by atoms with E-state index >= 15 is 0 Å². The van der Waals surface area contributed by atoms with Gasteiger partial charge in [-0.2, -0.15) is 5.10 Å². The summed E-state index contributed by atoms with van der Waals surface area (Å²) < 4.78 is 0. The molecule has 1 saturated carbocycles. The molecule has 0 unspecified atom stereocenters. The second-order valence-corrected chi connectivity index (χ2v) is 3.74. The van der Waals surface area contributed by atoms with Gasteiger partial charge in [0.2, 0.25) is 5.91 Å². The summed E-state index contributed by atoms with van der Waals surface area (Å²) in [5, 5.41) is 3.77. The maximum atomic E-state index is 11.7. The van der Waals surface area contributed by atoms with Gasteiger partial charge in [0.25, 0.3) is 5.91 Å². The summed E-state index contributed by atoms with van der Waals surface area (Å²) in [5.74, 6) is -0.164. The van der Waals surface area contributed by atoms with E-state index < -0.39 is 0 Å². The molecule has 2 aliphatic rings. The monoisotopic (exact) mass is 195 g/mol. The summed E-state index contributed by atoms with van der Waals surface area (Å²) in [6, 6.07) is 0.392. The van der Waals surface area contributed by atoms with Gasteiger partial charge in [0.05, 0.1) is 0 Å². The molecular formula is C9H13N3O2. The summed E-state index contributed by atoms with van der Waals surface area (Å²) in [7, 11) is 1.79. The third-order valence-electron chi connectivity index (χ3n) is 2.57. The molecule has 1 fully saturated rings. The van der Waals surface area contributed by atoms with Gasteiger partial charge in [-0.15, -0.1) is 0 Å². The van der Waals surface area contributed by atoms with Crippen molar-refractivity contribution < 1.29 is 9.59 Å². The first-order valence-electron chi connectivity index (χ1n) is 4.81. The van der Waals surface area contributed by atoms with Gasteiger partial charge in [-0.25, -0.2) is 5.43 Å². The molecule has 0 bridgehead atoms. The first kappa shape index (κ1) is 9.18. The molecule has 5 heteroatoms. The summed E-state index contributed by atoms with van der Waals surface area (Å²) >= 11 is 0. The Morgan fingerprint density at radius 3 is 2.71 bits per heavy atom. The van der Waals surface area contributed by atoms with Gasteiger partial charge in [-0.3, -0.25) is 9.59 Å². The van der Waals surface area contributed by atoms with Gasteiger partial charge in [-0.05, 0) is 12.8 Å². The summed E-state index contributed by atoms with van der Waals surface area (Å²) in [4.78, 5) is 24.3. The first-order chi connectivity index (χ1) is 6.68. The highest BCUT2D eigenvalue weighted by atomic mass is 16.2. The van der Waals surface area contributed by atoms with Crippen LogP contribution in [-0.2, 0) is 9.59 Å². The summed E-state index contributed by atoms with van der Waals surface area (Å²) in [6.07, 6.45) is 2.99. The van der Waals surface area contributed by atoms with Crippen LogP contribution in [0.4, 0.5) is 0 Å². The van der Waals surface area contributed by atoms with E-state index in [1.165, 1.54) is 0 Å². The molecule has 1 N–H and O–H groups in total. The van der Waals surface area contributed by atoms with Crippen molar-refractivity contribution in [1.82, 2.24) is 10.3 Å². The molecule has 1 aliphatic carbocycles. The van der Waals surface area contributed by atoms with Crippen LogP contribution in [0.25, 0.3) is 0 Å². The molecule has 1 aliphatic heterocycles. The Bertz CT molecular complexity index is 307. The number of hydrogen-bond donors (Lipinski definition) is 1. The van der Waals surface area contributed by atoms with E-state index in [1.807, 2.05) is 0 Å². The van der Waals surface area contributed by atoms with Crippen LogP contribution in [0.1, 0.15) is 25.7 Å².